The van der Waals surface area contributed by atoms with E-state index in [9.17, 15) is 0 Å². The van der Waals surface area contributed by atoms with Crippen molar-refractivity contribution in [3.05, 3.63) is 46.7 Å². The molecule has 0 aliphatic heterocycles. The molecule has 0 saturated heterocycles. The van der Waals surface area contributed by atoms with Crippen LogP contribution in [-0.2, 0) is 6.54 Å². The summed E-state index contributed by atoms with van der Waals surface area (Å²) >= 11 is 3.35. The molecule has 0 radical (unpaired) electrons. The molecule has 2 aromatic rings. The van der Waals surface area contributed by atoms with Crippen molar-refractivity contribution in [2.75, 3.05) is 17.2 Å². The van der Waals surface area contributed by atoms with Gasteiger partial charge in [0.2, 0.25) is 5.95 Å². The van der Waals surface area contributed by atoms with Crippen molar-refractivity contribution in [3.8, 4) is 0 Å². The van der Waals surface area contributed by atoms with E-state index in [1.54, 1.807) is 12.4 Å². The summed E-state index contributed by atoms with van der Waals surface area (Å²) in [6.45, 7) is 3.82. The van der Waals surface area contributed by atoms with Crippen LogP contribution < -0.4 is 10.6 Å². The van der Waals surface area contributed by atoms with Crippen molar-refractivity contribution in [1.29, 1.82) is 0 Å². The molecule has 1 heterocycles. The Kier molecular flexibility index (Phi) is 4.74. The number of aromatic nitrogens is 2. The number of rotatable bonds is 5. The van der Waals surface area contributed by atoms with Gasteiger partial charge in [0.15, 0.2) is 0 Å². The van der Waals surface area contributed by atoms with Gasteiger partial charge in [-0.15, -0.1) is 0 Å². The smallest absolute Gasteiger partial charge is 0.225 e. The minimum Gasteiger partial charge on any atom is -0.399 e. The lowest BCUT2D eigenvalue weighted by atomic mass is 10.2. The molecule has 1 aromatic heterocycles. The van der Waals surface area contributed by atoms with E-state index in [0.29, 0.717) is 0 Å². The molecular formula is C14H17BrN4. The Morgan fingerprint density at radius 2 is 2.00 bits per heavy atom. The third-order valence-corrected chi connectivity index (χ3v) is 3.12. The molecule has 0 saturated carbocycles. The van der Waals surface area contributed by atoms with Crippen molar-refractivity contribution in [2.24, 2.45) is 0 Å². The quantitative estimate of drug-likeness (QED) is 0.859. The Balaban J connectivity index is 2.18. The van der Waals surface area contributed by atoms with E-state index in [-0.39, 0.29) is 0 Å². The van der Waals surface area contributed by atoms with Crippen molar-refractivity contribution in [3.63, 3.8) is 0 Å². The lowest BCUT2D eigenvalue weighted by Gasteiger charge is -2.22. The van der Waals surface area contributed by atoms with Crippen molar-refractivity contribution in [1.82, 2.24) is 9.97 Å². The maximum atomic E-state index is 5.81. The van der Waals surface area contributed by atoms with Crippen LogP contribution in [0.4, 0.5) is 11.6 Å². The van der Waals surface area contributed by atoms with Gasteiger partial charge in [0.25, 0.3) is 0 Å². The highest BCUT2D eigenvalue weighted by molar-refractivity contribution is 9.10. The van der Waals surface area contributed by atoms with E-state index < -0.39 is 0 Å². The van der Waals surface area contributed by atoms with E-state index in [2.05, 4.69) is 43.8 Å². The summed E-state index contributed by atoms with van der Waals surface area (Å²) in [6, 6.07) is 7.92. The second kappa shape index (κ2) is 6.52. The molecule has 0 unspecified atom stereocenters. The lowest BCUT2D eigenvalue weighted by molar-refractivity contribution is 0.738. The molecule has 5 heteroatoms. The second-order valence-electron chi connectivity index (χ2n) is 4.37. The highest BCUT2D eigenvalue weighted by atomic mass is 79.9. The summed E-state index contributed by atoms with van der Waals surface area (Å²) in [4.78, 5) is 10.9. The summed E-state index contributed by atoms with van der Waals surface area (Å²) < 4.78 is 0.886. The highest BCUT2D eigenvalue weighted by Gasteiger charge is 2.09. The van der Waals surface area contributed by atoms with Gasteiger partial charge in [0.05, 0.1) is 4.47 Å². The van der Waals surface area contributed by atoms with Gasteiger partial charge in [0.1, 0.15) is 0 Å². The minimum absolute atomic E-state index is 0.743. The van der Waals surface area contributed by atoms with Crippen LogP contribution >= 0.6 is 15.9 Å². The average Bonchev–Trinajstić information content (AvgIpc) is 2.39. The topological polar surface area (TPSA) is 55.0 Å². The summed E-state index contributed by atoms with van der Waals surface area (Å²) in [5.74, 6) is 0.743. The van der Waals surface area contributed by atoms with Crippen molar-refractivity contribution >= 4 is 27.6 Å². The van der Waals surface area contributed by atoms with Gasteiger partial charge >= 0.3 is 0 Å². The molecule has 4 nitrogen and oxygen atoms in total. The Hall–Kier alpha value is -1.62. The van der Waals surface area contributed by atoms with E-state index in [1.807, 2.05) is 18.2 Å². The number of halogens is 1. The second-order valence-corrected chi connectivity index (χ2v) is 5.28. The van der Waals surface area contributed by atoms with Crippen LogP contribution in [0, 0.1) is 0 Å². The molecular weight excluding hydrogens is 304 g/mol. The number of hydrogen-bond donors (Lipinski definition) is 1. The fourth-order valence-electron chi connectivity index (χ4n) is 1.90. The molecule has 0 aliphatic carbocycles. The monoisotopic (exact) mass is 320 g/mol. The fraction of sp³-hybridized carbons (Fsp3) is 0.286. The fourth-order valence-corrected chi connectivity index (χ4v) is 2.11. The zero-order valence-corrected chi connectivity index (χ0v) is 12.5. The number of nitrogens with two attached hydrogens (primary N) is 1. The van der Waals surface area contributed by atoms with Crippen molar-refractivity contribution < 1.29 is 0 Å². The molecule has 19 heavy (non-hydrogen) atoms. The molecule has 0 bridgehead atoms. The number of benzene rings is 1. The Morgan fingerprint density at radius 1 is 1.26 bits per heavy atom. The molecule has 0 amide bonds. The first-order chi connectivity index (χ1) is 9.19. The highest BCUT2D eigenvalue weighted by Crippen LogP contribution is 2.16. The maximum Gasteiger partial charge on any atom is 0.225 e. The van der Waals surface area contributed by atoms with Crippen LogP contribution in [0.2, 0.25) is 0 Å². The summed E-state index contributed by atoms with van der Waals surface area (Å²) in [5.41, 5.74) is 7.76. The predicted octanol–water partition coefficient (Wildman–Crippen LogP) is 3.24. The van der Waals surface area contributed by atoms with Crippen LogP contribution in [0.15, 0.2) is 41.1 Å². The number of hydrogen-bond acceptors (Lipinski definition) is 4. The zero-order chi connectivity index (χ0) is 13.7. The van der Waals surface area contributed by atoms with Gasteiger partial charge in [-0.05, 0) is 40.0 Å². The SMILES string of the molecule is CCCN(Cc1cccc(N)c1)c1ncc(Br)cn1. The average molecular weight is 321 g/mol. The third-order valence-electron chi connectivity index (χ3n) is 2.71. The predicted molar refractivity (Wildman–Crippen MR) is 81.9 cm³/mol. The largest absolute Gasteiger partial charge is 0.399 e. The van der Waals surface area contributed by atoms with E-state index in [4.69, 9.17) is 5.73 Å². The Morgan fingerprint density at radius 3 is 2.63 bits per heavy atom. The minimum atomic E-state index is 0.743. The molecule has 0 fully saturated rings. The van der Waals surface area contributed by atoms with Gasteiger partial charge < -0.3 is 10.6 Å². The van der Waals surface area contributed by atoms with E-state index >= 15 is 0 Å². The third kappa shape index (κ3) is 3.92. The molecule has 1 aromatic carbocycles. The Bertz CT molecular complexity index is 527. The van der Waals surface area contributed by atoms with E-state index in [1.165, 1.54) is 5.56 Å². The first kappa shape index (κ1) is 13.8. The number of nitrogen functional groups attached to an aromatic ring is 1. The van der Waals surface area contributed by atoms with E-state index in [0.717, 1.165) is 35.6 Å². The van der Waals surface area contributed by atoms with Crippen LogP contribution in [0.1, 0.15) is 18.9 Å². The van der Waals surface area contributed by atoms with Gasteiger partial charge in [-0.2, -0.15) is 0 Å². The molecule has 2 rings (SSSR count). The molecule has 2 N–H and O–H groups in total. The van der Waals surface area contributed by atoms with Crippen LogP contribution in [0.3, 0.4) is 0 Å². The first-order valence-electron chi connectivity index (χ1n) is 6.26. The number of anilines is 2. The van der Waals surface area contributed by atoms with Crippen LogP contribution in [0.5, 0.6) is 0 Å². The van der Waals surface area contributed by atoms with Gasteiger partial charge in [-0.25, -0.2) is 9.97 Å². The molecule has 0 aliphatic rings. The lowest BCUT2D eigenvalue weighted by Crippen LogP contribution is -2.25. The summed E-state index contributed by atoms with van der Waals surface area (Å²) in [5, 5.41) is 0. The first-order valence-corrected chi connectivity index (χ1v) is 7.05. The van der Waals surface area contributed by atoms with Crippen LogP contribution in [-0.4, -0.2) is 16.5 Å². The summed E-state index contributed by atoms with van der Waals surface area (Å²) in [6.07, 6.45) is 4.58. The molecule has 100 valence electrons. The zero-order valence-electron chi connectivity index (χ0n) is 10.9. The van der Waals surface area contributed by atoms with Gasteiger partial charge in [-0.3, -0.25) is 0 Å². The normalized spacial score (nSPS) is 10.4. The Labute approximate surface area is 121 Å². The standard InChI is InChI=1S/C14H17BrN4/c1-2-6-19(14-17-8-12(15)9-18-14)10-11-4-3-5-13(16)7-11/h3-5,7-9H,2,6,10,16H2,1H3. The van der Waals surface area contributed by atoms with Crippen LogP contribution in [0.25, 0.3) is 0 Å². The number of nitrogens with zero attached hydrogens (tertiary/aromatic N) is 3. The molecule has 0 atom stereocenters. The van der Waals surface area contributed by atoms with Gasteiger partial charge in [0, 0.05) is 31.2 Å². The summed E-state index contributed by atoms with van der Waals surface area (Å²) in [7, 11) is 0. The molecule has 0 spiro atoms. The van der Waals surface area contributed by atoms with Gasteiger partial charge in [-0.1, -0.05) is 19.1 Å². The van der Waals surface area contributed by atoms with Crippen molar-refractivity contribution in [2.45, 2.75) is 19.9 Å². The maximum absolute atomic E-state index is 5.81.